The van der Waals surface area contributed by atoms with Gasteiger partial charge < -0.3 is 10.6 Å². The van der Waals surface area contributed by atoms with Crippen LogP contribution in [-0.4, -0.2) is 18.1 Å². The Morgan fingerprint density at radius 3 is 2.56 bits per heavy atom. The first kappa shape index (κ1) is 11.9. The van der Waals surface area contributed by atoms with Gasteiger partial charge in [-0.1, -0.05) is 28.1 Å². The van der Waals surface area contributed by atoms with Gasteiger partial charge >= 0.3 is 0 Å². The van der Waals surface area contributed by atoms with E-state index in [1.165, 1.54) is 24.9 Å². The molecule has 1 aromatic carbocycles. The number of halogens is 1. The lowest BCUT2D eigenvalue weighted by Crippen LogP contribution is -2.31. The van der Waals surface area contributed by atoms with Crippen molar-refractivity contribution in [3.05, 3.63) is 28.2 Å². The minimum Gasteiger partial charge on any atom is -0.389 e. The van der Waals surface area contributed by atoms with Crippen molar-refractivity contribution >= 4 is 38.8 Å². The van der Waals surface area contributed by atoms with Gasteiger partial charge in [0, 0.05) is 28.8 Å². The Morgan fingerprint density at radius 1 is 1.25 bits per heavy atom. The van der Waals surface area contributed by atoms with Crippen molar-refractivity contribution in [2.45, 2.75) is 19.3 Å². The Kier molecular flexibility index (Phi) is 3.82. The maximum Gasteiger partial charge on any atom is 0.106 e. The van der Waals surface area contributed by atoms with Crippen molar-refractivity contribution in [2.24, 2.45) is 5.73 Å². The van der Waals surface area contributed by atoms with Gasteiger partial charge in [0.2, 0.25) is 0 Å². The van der Waals surface area contributed by atoms with E-state index in [4.69, 9.17) is 18.0 Å². The van der Waals surface area contributed by atoms with E-state index < -0.39 is 0 Å². The quantitative estimate of drug-likeness (QED) is 0.851. The average molecular weight is 299 g/mol. The smallest absolute Gasteiger partial charge is 0.106 e. The predicted molar refractivity (Wildman–Crippen MR) is 76.1 cm³/mol. The number of benzene rings is 1. The first-order valence-corrected chi connectivity index (χ1v) is 6.73. The topological polar surface area (TPSA) is 29.3 Å². The lowest BCUT2D eigenvalue weighted by Gasteiger charge is -2.30. The van der Waals surface area contributed by atoms with Gasteiger partial charge in [-0.3, -0.25) is 0 Å². The highest BCUT2D eigenvalue weighted by molar-refractivity contribution is 9.10. The van der Waals surface area contributed by atoms with Crippen LogP contribution >= 0.6 is 28.1 Å². The molecule has 1 heterocycles. The molecule has 1 saturated heterocycles. The van der Waals surface area contributed by atoms with Crippen LogP contribution in [0.1, 0.15) is 24.8 Å². The molecule has 0 bridgehead atoms. The number of rotatable bonds is 2. The molecule has 0 atom stereocenters. The summed E-state index contributed by atoms with van der Waals surface area (Å²) in [7, 11) is 0. The van der Waals surface area contributed by atoms with Gasteiger partial charge in [-0.15, -0.1) is 0 Å². The summed E-state index contributed by atoms with van der Waals surface area (Å²) in [6, 6.07) is 6.15. The number of nitrogens with two attached hydrogens (primary N) is 1. The number of nitrogens with zero attached hydrogens (tertiary/aromatic N) is 1. The lowest BCUT2D eigenvalue weighted by molar-refractivity contribution is 0.577. The second-order valence-electron chi connectivity index (χ2n) is 4.07. The van der Waals surface area contributed by atoms with Crippen molar-refractivity contribution in [1.29, 1.82) is 0 Å². The van der Waals surface area contributed by atoms with Crippen LogP contribution in [0.2, 0.25) is 0 Å². The van der Waals surface area contributed by atoms with Gasteiger partial charge in [0.1, 0.15) is 4.99 Å². The van der Waals surface area contributed by atoms with Gasteiger partial charge in [0.25, 0.3) is 0 Å². The molecule has 0 radical (unpaired) electrons. The fourth-order valence-corrected chi connectivity index (χ4v) is 2.64. The lowest BCUT2D eigenvalue weighted by atomic mass is 10.1. The molecule has 1 fully saturated rings. The highest BCUT2D eigenvalue weighted by Gasteiger charge is 2.15. The minimum absolute atomic E-state index is 0.474. The molecule has 4 heteroatoms. The summed E-state index contributed by atoms with van der Waals surface area (Å²) in [5, 5.41) is 0. The first-order chi connectivity index (χ1) is 7.68. The van der Waals surface area contributed by atoms with Gasteiger partial charge in [-0.25, -0.2) is 0 Å². The van der Waals surface area contributed by atoms with Crippen LogP contribution in [0.4, 0.5) is 5.69 Å². The van der Waals surface area contributed by atoms with Gasteiger partial charge in [0.05, 0.1) is 0 Å². The molecular formula is C12H15BrN2S. The van der Waals surface area contributed by atoms with E-state index in [0.29, 0.717) is 4.99 Å². The number of anilines is 1. The molecule has 1 aliphatic heterocycles. The fraction of sp³-hybridized carbons (Fsp3) is 0.417. The molecule has 1 aliphatic rings. The third-order valence-electron chi connectivity index (χ3n) is 2.92. The van der Waals surface area contributed by atoms with Crippen molar-refractivity contribution in [1.82, 2.24) is 0 Å². The summed E-state index contributed by atoms with van der Waals surface area (Å²) in [5.41, 5.74) is 7.93. The maximum atomic E-state index is 5.77. The predicted octanol–water partition coefficient (Wildman–Crippen LogP) is 3.07. The van der Waals surface area contributed by atoms with Crippen molar-refractivity contribution < 1.29 is 0 Å². The molecular weight excluding hydrogens is 284 g/mol. The molecule has 0 amide bonds. The fourth-order valence-electron chi connectivity index (χ4n) is 2.12. The largest absolute Gasteiger partial charge is 0.389 e. The van der Waals surface area contributed by atoms with Crippen LogP contribution in [0, 0.1) is 0 Å². The molecule has 2 rings (SSSR count). The SMILES string of the molecule is NC(=S)c1cc(Br)ccc1N1CCCCC1. The second kappa shape index (κ2) is 5.15. The van der Waals surface area contributed by atoms with Gasteiger partial charge in [0.15, 0.2) is 0 Å². The second-order valence-corrected chi connectivity index (χ2v) is 5.43. The normalized spacial score (nSPS) is 16.2. The van der Waals surface area contributed by atoms with E-state index in [-0.39, 0.29) is 0 Å². The summed E-state index contributed by atoms with van der Waals surface area (Å²) in [6.07, 6.45) is 3.84. The summed E-state index contributed by atoms with van der Waals surface area (Å²) in [6.45, 7) is 2.22. The van der Waals surface area contributed by atoms with Gasteiger partial charge in [-0.05, 0) is 37.5 Å². The highest BCUT2D eigenvalue weighted by Crippen LogP contribution is 2.27. The Labute approximate surface area is 110 Å². The molecule has 0 spiro atoms. The molecule has 0 aromatic heterocycles. The Bertz CT molecular complexity index is 400. The first-order valence-electron chi connectivity index (χ1n) is 5.53. The van der Waals surface area contributed by atoms with E-state index in [0.717, 1.165) is 23.1 Å². The van der Waals surface area contributed by atoms with Crippen LogP contribution in [0.15, 0.2) is 22.7 Å². The maximum absolute atomic E-state index is 5.77. The van der Waals surface area contributed by atoms with E-state index in [1.54, 1.807) is 0 Å². The van der Waals surface area contributed by atoms with Crippen LogP contribution < -0.4 is 10.6 Å². The zero-order valence-electron chi connectivity index (χ0n) is 9.08. The molecule has 2 N–H and O–H groups in total. The molecule has 1 aromatic rings. The third-order valence-corrected chi connectivity index (χ3v) is 3.63. The van der Waals surface area contributed by atoms with Gasteiger partial charge in [-0.2, -0.15) is 0 Å². The summed E-state index contributed by atoms with van der Waals surface area (Å²) in [4.78, 5) is 2.85. The number of hydrogen-bond acceptors (Lipinski definition) is 2. The minimum atomic E-state index is 0.474. The molecule has 0 unspecified atom stereocenters. The zero-order valence-corrected chi connectivity index (χ0v) is 11.5. The van der Waals surface area contributed by atoms with E-state index >= 15 is 0 Å². The highest BCUT2D eigenvalue weighted by atomic mass is 79.9. The molecule has 2 nitrogen and oxygen atoms in total. The van der Waals surface area contributed by atoms with Crippen molar-refractivity contribution in [2.75, 3.05) is 18.0 Å². The Balaban J connectivity index is 2.34. The van der Waals surface area contributed by atoms with Crippen LogP contribution in [0.3, 0.4) is 0 Å². The number of thiocarbonyl (C=S) groups is 1. The van der Waals surface area contributed by atoms with Crippen LogP contribution in [-0.2, 0) is 0 Å². The van der Waals surface area contributed by atoms with Crippen LogP contribution in [0.5, 0.6) is 0 Å². The van der Waals surface area contributed by atoms with E-state index in [2.05, 4.69) is 26.9 Å². The summed E-state index contributed by atoms with van der Waals surface area (Å²) < 4.78 is 1.02. The third kappa shape index (κ3) is 2.55. The van der Waals surface area contributed by atoms with E-state index in [9.17, 15) is 0 Å². The standard InChI is InChI=1S/C12H15BrN2S/c13-9-4-5-11(10(8-9)12(14)16)15-6-2-1-3-7-15/h4-5,8H,1-3,6-7H2,(H2,14,16). The summed E-state index contributed by atoms with van der Waals surface area (Å²) >= 11 is 8.56. The van der Waals surface area contributed by atoms with Crippen molar-refractivity contribution in [3.8, 4) is 0 Å². The van der Waals surface area contributed by atoms with E-state index in [1.807, 2.05) is 12.1 Å². The number of piperidine rings is 1. The molecule has 16 heavy (non-hydrogen) atoms. The average Bonchev–Trinajstić information content (AvgIpc) is 2.30. The monoisotopic (exact) mass is 298 g/mol. The summed E-state index contributed by atoms with van der Waals surface area (Å²) in [5.74, 6) is 0. The Morgan fingerprint density at radius 2 is 1.94 bits per heavy atom. The van der Waals surface area contributed by atoms with Crippen molar-refractivity contribution in [3.63, 3.8) is 0 Å². The molecule has 0 aliphatic carbocycles. The molecule has 0 saturated carbocycles. The Hall–Kier alpha value is -0.610. The molecule has 86 valence electrons. The number of hydrogen-bond donors (Lipinski definition) is 1. The van der Waals surface area contributed by atoms with Crippen LogP contribution in [0.25, 0.3) is 0 Å². The zero-order chi connectivity index (χ0) is 11.5.